The van der Waals surface area contributed by atoms with Crippen LogP contribution in [0.2, 0.25) is 0 Å². The van der Waals surface area contributed by atoms with Gasteiger partial charge in [-0.05, 0) is 35.1 Å². The van der Waals surface area contributed by atoms with Gasteiger partial charge in [0, 0.05) is 17.5 Å². The van der Waals surface area contributed by atoms with Gasteiger partial charge in [-0.1, -0.05) is 70.2 Å². The lowest BCUT2D eigenvalue weighted by molar-refractivity contribution is 0.0998. The highest BCUT2D eigenvalue weighted by atomic mass is 32.1. The fourth-order valence-electron chi connectivity index (χ4n) is 3.06. The minimum absolute atomic E-state index is 0.0690. The molecule has 0 unspecified atom stereocenters. The molecule has 0 saturated heterocycles. The quantitative estimate of drug-likeness (QED) is 0.604. The number of carbonyl (C=O) groups is 1. The second kappa shape index (κ2) is 7.65. The summed E-state index contributed by atoms with van der Waals surface area (Å²) in [5.41, 5.74) is 4.19. The number of thiazole rings is 1. The van der Waals surface area contributed by atoms with Crippen LogP contribution in [0.15, 0.2) is 59.6 Å². The van der Waals surface area contributed by atoms with E-state index in [-0.39, 0.29) is 11.3 Å². The van der Waals surface area contributed by atoms with E-state index in [1.807, 2.05) is 54.1 Å². The van der Waals surface area contributed by atoms with Gasteiger partial charge in [-0.25, -0.2) is 0 Å². The third-order valence-corrected chi connectivity index (χ3v) is 5.94. The van der Waals surface area contributed by atoms with Gasteiger partial charge in [0.05, 0.1) is 5.69 Å². The number of hydrogen-bond donors (Lipinski definition) is 0. The van der Waals surface area contributed by atoms with Crippen molar-refractivity contribution in [2.24, 2.45) is 12.0 Å². The maximum atomic E-state index is 12.7. The topological polar surface area (TPSA) is 34.4 Å². The molecule has 1 heterocycles. The molecule has 4 heteroatoms. The molecule has 0 saturated carbocycles. The first-order chi connectivity index (χ1) is 12.8. The number of benzene rings is 2. The minimum Gasteiger partial charge on any atom is -0.319 e. The largest absolute Gasteiger partial charge is 0.319 e. The van der Waals surface area contributed by atoms with E-state index in [4.69, 9.17) is 0 Å². The van der Waals surface area contributed by atoms with Gasteiger partial charge in [0.25, 0.3) is 5.91 Å². The second-order valence-electron chi connectivity index (χ2n) is 7.68. The molecule has 0 fully saturated rings. The molecule has 0 bridgehead atoms. The molecule has 0 aliphatic rings. The number of aryl methyl sites for hydroxylation is 1. The summed E-state index contributed by atoms with van der Waals surface area (Å²) in [7, 11) is 1.98. The molecule has 1 amide bonds. The molecule has 0 radical (unpaired) electrons. The standard InChI is InChI=1S/C23H26N2OS/c1-6-19-20(16-10-8-7-9-11-16)25(5)22(27-19)24-21(26)17-12-14-18(15-13-17)23(2,3)4/h7-15H,6H2,1-5H3. The van der Waals surface area contributed by atoms with E-state index in [0.717, 1.165) is 22.5 Å². The number of rotatable bonds is 3. The normalized spacial score (nSPS) is 12.4. The third-order valence-electron chi connectivity index (χ3n) is 4.66. The summed E-state index contributed by atoms with van der Waals surface area (Å²) >= 11 is 1.59. The van der Waals surface area contributed by atoms with Gasteiger partial charge in [-0.15, -0.1) is 11.3 Å². The molecule has 3 aromatic rings. The zero-order chi connectivity index (χ0) is 19.6. The molecule has 2 aromatic carbocycles. The molecule has 0 aliphatic heterocycles. The predicted octanol–water partition coefficient (Wildman–Crippen LogP) is 5.35. The van der Waals surface area contributed by atoms with Crippen LogP contribution in [0.3, 0.4) is 0 Å². The highest BCUT2D eigenvalue weighted by molar-refractivity contribution is 7.09. The van der Waals surface area contributed by atoms with Gasteiger partial charge in [-0.3, -0.25) is 4.79 Å². The van der Waals surface area contributed by atoms with E-state index in [0.29, 0.717) is 5.56 Å². The fourth-order valence-corrected chi connectivity index (χ4v) is 4.13. The van der Waals surface area contributed by atoms with Gasteiger partial charge in [0.2, 0.25) is 0 Å². The SMILES string of the molecule is CCc1sc(=NC(=O)c2ccc(C(C)(C)C)cc2)n(C)c1-c1ccccc1. The number of nitrogens with zero attached hydrogens (tertiary/aromatic N) is 2. The predicted molar refractivity (Wildman–Crippen MR) is 113 cm³/mol. The fraction of sp³-hybridized carbons (Fsp3) is 0.304. The molecule has 1 aromatic heterocycles. The highest BCUT2D eigenvalue weighted by Crippen LogP contribution is 2.26. The Kier molecular flexibility index (Phi) is 5.47. The van der Waals surface area contributed by atoms with Crippen LogP contribution in [0.25, 0.3) is 11.3 Å². The van der Waals surface area contributed by atoms with E-state index >= 15 is 0 Å². The van der Waals surface area contributed by atoms with Crippen molar-refractivity contribution in [1.82, 2.24) is 4.57 Å². The summed E-state index contributed by atoms with van der Waals surface area (Å²) in [5.74, 6) is -0.199. The van der Waals surface area contributed by atoms with E-state index in [1.54, 1.807) is 11.3 Å². The number of hydrogen-bond acceptors (Lipinski definition) is 2. The van der Waals surface area contributed by atoms with Gasteiger partial charge < -0.3 is 4.57 Å². The maximum Gasteiger partial charge on any atom is 0.279 e. The summed E-state index contributed by atoms with van der Waals surface area (Å²) < 4.78 is 2.03. The van der Waals surface area contributed by atoms with Crippen LogP contribution in [-0.4, -0.2) is 10.5 Å². The monoisotopic (exact) mass is 378 g/mol. The molecule has 3 nitrogen and oxygen atoms in total. The van der Waals surface area contributed by atoms with Crippen molar-refractivity contribution in [3.8, 4) is 11.3 Å². The van der Waals surface area contributed by atoms with Crippen molar-refractivity contribution in [2.45, 2.75) is 39.5 Å². The Morgan fingerprint density at radius 3 is 2.22 bits per heavy atom. The highest BCUT2D eigenvalue weighted by Gasteiger charge is 2.15. The molecule has 3 rings (SSSR count). The Morgan fingerprint density at radius 2 is 1.67 bits per heavy atom. The van der Waals surface area contributed by atoms with Crippen LogP contribution < -0.4 is 4.80 Å². The Bertz CT molecular complexity index is 1000. The minimum atomic E-state index is -0.199. The van der Waals surface area contributed by atoms with E-state index in [1.165, 1.54) is 10.4 Å². The van der Waals surface area contributed by atoms with Crippen LogP contribution in [0.4, 0.5) is 0 Å². The molecule has 140 valence electrons. The Labute approximate surface area is 165 Å². The Hall–Kier alpha value is -2.46. The first kappa shape index (κ1) is 19.3. The molecule has 0 aliphatic carbocycles. The van der Waals surface area contributed by atoms with Crippen molar-refractivity contribution >= 4 is 17.2 Å². The van der Waals surface area contributed by atoms with Crippen molar-refractivity contribution in [2.75, 3.05) is 0 Å². The second-order valence-corrected chi connectivity index (χ2v) is 8.74. The van der Waals surface area contributed by atoms with Gasteiger partial charge in [0.1, 0.15) is 0 Å². The number of amides is 1. The van der Waals surface area contributed by atoms with Crippen molar-refractivity contribution in [3.05, 3.63) is 75.4 Å². The third kappa shape index (κ3) is 4.11. The van der Waals surface area contributed by atoms with Gasteiger partial charge >= 0.3 is 0 Å². The summed E-state index contributed by atoms with van der Waals surface area (Å²) in [5, 5.41) is 0. The van der Waals surface area contributed by atoms with Crippen molar-refractivity contribution < 1.29 is 4.79 Å². The lowest BCUT2D eigenvalue weighted by Gasteiger charge is -2.18. The molecule has 0 atom stereocenters. The average molecular weight is 379 g/mol. The molecule has 27 heavy (non-hydrogen) atoms. The zero-order valence-corrected chi connectivity index (χ0v) is 17.4. The first-order valence-electron chi connectivity index (χ1n) is 9.25. The maximum absolute atomic E-state index is 12.7. The zero-order valence-electron chi connectivity index (χ0n) is 16.6. The molecule has 0 spiro atoms. The number of aromatic nitrogens is 1. The lowest BCUT2D eigenvalue weighted by Crippen LogP contribution is -2.15. The van der Waals surface area contributed by atoms with Crippen LogP contribution in [0.1, 0.15) is 48.5 Å². The van der Waals surface area contributed by atoms with Gasteiger partial charge in [-0.2, -0.15) is 4.99 Å². The Morgan fingerprint density at radius 1 is 1.04 bits per heavy atom. The first-order valence-corrected chi connectivity index (χ1v) is 10.1. The van der Waals surface area contributed by atoms with Crippen LogP contribution in [-0.2, 0) is 18.9 Å². The Balaban J connectivity index is 2.00. The molecule has 0 N–H and O–H groups in total. The van der Waals surface area contributed by atoms with E-state index < -0.39 is 0 Å². The van der Waals surface area contributed by atoms with E-state index in [2.05, 4.69) is 44.8 Å². The van der Waals surface area contributed by atoms with Crippen molar-refractivity contribution in [1.29, 1.82) is 0 Å². The lowest BCUT2D eigenvalue weighted by atomic mass is 9.87. The summed E-state index contributed by atoms with van der Waals surface area (Å²) in [6.07, 6.45) is 0.909. The van der Waals surface area contributed by atoms with Crippen LogP contribution in [0, 0.1) is 0 Å². The van der Waals surface area contributed by atoms with Crippen molar-refractivity contribution in [3.63, 3.8) is 0 Å². The smallest absolute Gasteiger partial charge is 0.279 e. The molecular formula is C23H26N2OS. The van der Waals surface area contributed by atoms with E-state index in [9.17, 15) is 4.79 Å². The van der Waals surface area contributed by atoms with Crippen LogP contribution >= 0.6 is 11.3 Å². The average Bonchev–Trinajstić information content (AvgIpc) is 2.97. The van der Waals surface area contributed by atoms with Gasteiger partial charge in [0.15, 0.2) is 4.80 Å². The summed E-state index contributed by atoms with van der Waals surface area (Å²) in [4.78, 5) is 19.1. The summed E-state index contributed by atoms with van der Waals surface area (Å²) in [6.45, 7) is 8.63. The number of carbonyl (C=O) groups excluding carboxylic acids is 1. The van der Waals surface area contributed by atoms with Crippen LogP contribution in [0.5, 0.6) is 0 Å². The summed E-state index contributed by atoms with van der Waals surface area (Å²) in [6, 6.07) is 18.1. The molecular weight excluding hydrogens is 352 g/mol.